The molecule has 4 heteroatoms. The number of hydrogen-bond donors (Lipinski definition) is 1. The molecule has 18 heavy (non-hydrogen) atoms. The van der Waals surface area contributed by atoms with Gasteiger partial charge < -0.3 is 5.32 Å². The van der Waals surface area contributed by atoms with E-state index in [1.54, 1.807) is 4.68 Å². The molecule has 1 N–H and O–H groups in total. The average Bonchev–Trinajstić information content (AvgIpc) is 2.82. The normalized spacial score (nSPS) is 10.7. The van der Waals surface area contributed by atoms with Crippen molar-refractivity contribution in [1.82, 2.24) is 14.8 Å². The highest BCUT2D eigenvalue weighted by Gasteiger charge is 1.99. The van der Waals surface area contributed by atoms with Crippen LogP contribution in [0.3, 0.4) is 0 Å². The van der Waals surface area contributed by atoms with E-state index < -0.39 is 0 Å². The van der Waals surface area contributed by atoms with E-state index in [-0.39, 0.29) is 0 Å². The zero-order valence-electron chi connectivity index (χ0n) is 10.2. The predicted octanol–water partition coefficient (Wildman–Crippen LogP) is 2.58. The monoisotopic (exact) mass is 238 g/mol. The molecule has 1 aromatic carbocycles. The lowest BCUT2D eigenvalue weighted by Crippen LogP contribution is -2.02. The average molecular weight is 238 g/mol. The number of rotatable bonds is 3. The largest absolute Gasteiger partial charge is 0.363 e. The number of hydrogen-bond acceptors (Lipinski definition) is 3. The number of benzene rings is 1. The lowest BCUT2D eigenvalue weighted by Gasteiger charge is -2.04. The molecular weight excluding hydrogens is 224 g/mol. The van der Waals surface area contributed by atoms with Gasteiger partial charge in [-0.15, -0.1) is 0 Å². The maximum atomic E-state index is 4.60. The number of aryl methyl sites for hydroxylation is 1. The lowest BCUT2D eigenvalue weighted by molar-refractivity contribution is 0.768. The van der Waals surface area contributed by atoms with Crippen LogP contribution in [0.2, 0.25) is 0 Å². The standard InChI is InChI=1S/C14H14N4/c1-18-9-8-14(17-18)15-10-12-7-6-11-4-2-3-5-13(11)16-12/h2-9H,10H2,1H3,(H,15,17). The first-order chi connectivity index (χ1) is 8.81. The summed E-state index contributed by atoms with van der Waals surface area (Å²) in [6.07, 6.45) is 1.91. The summed E-state index contributed by atoms with van der Waals surface area (Å²) >= 11 is 0. The second-order valence-electron chi connectivity index (χ2n) is 4.22. The molecule has 0 fully saturated rings. The van der Waals surface area contributed by atoms with E-state index in [2.05, 4.69) is 27.5 Å². The summed E-state index contributed by atoms with van der Waals surface area (Å²) in [5.41, 5.74) is 2.04. The van der Waals surface area contributed by atoms with E-state index in [0.29, 0.717) is 6.54 Å². The fourth-order valence-corrected chi connectivity index (χ4v) is 1.90. The fourth-order valence-electron chi connectivity index (χ4n) is 1.90. The van der Waals surface area contributed by atoms with Crippen LogP contribution in [0.5, 0.6) is 0 Å². The van der Waals surface area contributed by atoms with Crippen molar-refractivity contribution in [3.05, 3.63) is 54.4 Å². The number of nitrogens with one attached hydrogen (secondary N) is 1. The molecule has 0 aliphatic heterocycles. The topological polar surface area (TPSA) is 42.7 Å². The molecular formula is C14H14N4. The van der Waals surface area contributed by atoms with Crippen molar-refractivity contribution in [3.8, 4) is 0 Å². The van der Waals surface area contributed by atoms with Crippen molar-refractivity contribution in [1.29, 1.82) is 0 Å². The van der Waals surface area contributed by atoms with E-state index in [0.717, 1.165) is 17.0 Å². The lowest BCUT2D eigenvalue weighted by atomic mass is 10.2. The van der Waals surface area contributed by atoms with Crippen LogP contribution in [0, 0.1) is 0 Å². The van der Waals surface area contributed by atoms with Gasteiger partial charge in [0.1, 0.15) is 5.82 Å². The fraction of sp³-hybridized carbons (Fsp3) is 0.143. The molecule has 0 bridgehead atoms. The van der Waals surface area contributed by atoms with Gasteiger partial charge in [0, 0.05) is 24.7 Å². The Morgan fingerprint density at radius 1 is 1.11 bits per heavy atom. The van der Waals surface area contributed by atoms with E-state index in [4.69, 9.17) is 0 Å². The minimum atomic E-state index is 0.682. The summed E-state index contributed by atoms with van der Waals surface area (Å²) in [7, 11) is 1.90. The van der Waals surface area contributed by atoms with Gasteiger partial charge in [-0.1, -0.05) is 24.3 Å². The Balaban J connectivity index is 1.78. The quantitative estimate of drug-likeness (QED) is 0.762. The molecule has 0 aliphatic rings. The molecule has 3 rings (SSSR count). The van der Waals surface area contributed by atoms with Crippen LogP contribution in [0.1, 0.15) is 5.69 Å². The summed E-state index contributed by atoms with van der Waals surface area (Å²) in [5, 5.41) is 8.68. The molecule has 0 radical (unpaired) electrons. The summed E-state index contributed by atoms with van der Waals surface area (Å²) in [6.45, 7) is 0.682. The molecule has 2 aromatic heterocycles. The van der Waals surface area contributed by atoms with Crippen molar-refractivity contribution >= 4 is 16.7 Å². The van der Waals surface area contributed by atoms with Crippen LogP contribution in [0.15, 0.2) is 48.7 Å². The molecule has 0 saturated carbocycles. The van der Waals surface area contributed by atoms with Gasteiger partial charge in [-0.05, 0) is 12.1 Å². The zero-order valence-corrected chi connectivity index (χ0v) is 10.2. The Kier molecular flexibility index (Phi) is 2.68. The van der Waals surface area contributed by atoms with Crippen molar-refractivity contribution in [2.45, 2.75) is 6.54 Å². The molecule has 0 atom stereocenters. The van der Waals surface area contributed by atoms with E-state index in [1.165, 1.54) is 5.39 Å². The van der Waals surface area contributed by atoms with E-state index in [1.807, 2.05) is 43.6 Å². The number of nitrogens with zero attached hydrogens (tertiary/aromatic N) is 3. The predicted molar refractivity (Wildman–Crippen MR) is 72.3 cm³/mol. The Morgan fingerprint density at radius 3 is 2.83 bits per heavy atom. The number of anilines is 1. The van der Waals surface area contributed by atoms with Gasteiger partial charge in [0.2, 0.25) is 0 Å². The molecule has 4 nitrogen and oxygen atoms in total. The zero-order chi connectivity index (χ0) is 12.4. The third-order valence-corrected chi connectivity index (χ3v) is 2.82. The van der Waals surface area contributed by atoms with Crippen LogP contribution in [-0.2, 0) is 13.6 Å². The Hall–Kier alpha value is -2.36. The first-order valence-electron chi connectivity index (χ1n) is 5.89. The molecule has 3 aromatic rings. The van der Waals surface area contributed by atoms with Gasteiger partial charge in [-0.3, -0.25) is 9.67 Å². The van der Waals surface area contributed by atoms with Crippen molar-refractivity contribution in [2.75, 3.05) is 5.32 Å². The second kappa shape index (κ2) is 4.49. The number of para-hydroxylation sites is 1. The van der Waals surface area contributed by atoms with Gasteiger partial charge in [0.25, 0.3) is 0 Å². The van der Waals surface area contributed by atoms with Gasteiger partial charge in [0.15, 0.2) is 0 Å². The van der Waals surface area contributed by atoms with Crippen LogP contribution in [0.4, 0.5) is 5.82 Å². The molecule has 0 unspecified atom stereocenters. The van der Waals surface area contributed by atoms with Crippen LogP contribution in [-0.4, -0.2) is 14.8 Å². The Bertz CT molecular complexity index is 672. The summed E-state index contributed by atoms with van der Waals surface area (Å²) in [6, 6.07) is 14.2. The first kappa shape index (κ1) is 10.8. The minimum absolute atomic E-state index is 0.682. The maximum Gasteiger partial charge on any atom is 0.148 e. The Labute approximate surface area is 105 Å². The Morgan fingerprint density at radius 2 is 2.00 bits per heavy atom. The molecule has 0 aliphatic carbocycles. The first-order valence-corrected chi connectivity index (χ1v) is 5.89. The highest BCUT2D eigenvalue weighted by atomic mass is 15.3. The van der Waals surface area contributed by atoms with Crippen LogP contribution in [0.25, 0.3) is 10.9 Å². The molecule has 0 amide bonds. The number of pyridine rings is 1. The van der Waals surface area contributed by atoms with Gasteiger partial charge in [-0.2, -0.15) is 5.10 Å². The maximum absolute atomic E-state index is 4.60. The SMILES string of the molecule is Cn1ccc(NCc2ccc3ccccc3n2)n1. The van der Waals surface area contributed by atoms with Crippen LogP contribution >= 0.6 is 0 Å². The molecule has 0 saturated heterocycles. The molecule has 0 spiro atoms. The minimum Gasteiger partial charge on any atom is -0.363 e. The summed E-state index contributed by atoms with van der Waals surface area (Å²) < 4.78 is 1.77. The van der Waals surface area contributed by atoms with E-state index >= 15 is 0 Å². The summed E-state index contributed by atoms with van der Waals surface area (Å²) in [5.74, 6) is 0.868. The van der Waals surface area contributed by atoms with E-state index in [9.17, 15) is 0 Å². The number of fused-ring (bicyclic) bond motifs is 1. The van der Waals surface area contributed by atoms with Gasteiger partial charge in [-0.25, -0.2) is 0 Å². The highest BCUT2D eigenvalue weighted by Crippen LogP contribution is 2.12. The summed E-state index contributed by atoms with van der Waals surface area (Å²) in [4.78, 5) is 4.60. The third kappa shape index (κ3) is 2.18. The van der Waals surface area contributed by atoms with Crippen molar-refractivity contribution in [3.63, 3.8) is 0 Å². The van der Waals surface area contributed by atoms with Crippen molar-refractivity contribution in [2.24, 2.45) is 7.05 Å². The second-order valence-corrected chi connectivity index (χ2v) is 4.22. The molecule has 2 heterocycles. The molecule has 90 valence electrons. The van der Waals surface area contributed by atoms with Gasteiger partial charge in [0.05, 0.1) is 17.8 Å². The van der Waals surface area contributed by atoms with Crippen LogP contribution < -0.4 is 5.32 Å². The van der Waals surface area contributed by atoms with Crippen molar-refractivity contribution < 1.29 is 0 Å². The smallest absolute Gasteiger partial charge is 0.148 e. The third-order valence-electron chi connectivity index (χ3n) is 2.82. The number of aromatic nitrogens is 3. The van der Waals surface area contributed by atoms with Gasteiger partial charge >= 0.3 is 0 Å². The highest BCUT2D eigenvalue weighted by molar-refractivity contribution is 5.78.